The molecule has 0 radical (unpaired) electrons. The Balaban J connectivity index is 1.78. The molecule has 0 fully saturated rings. The van der Waals surface area contributed by atoms with E-state index in [0.717, 1.165) is 16.8 Å². The average Bonchev–Trinajstić information content (AvgIpc) is 2.69. The van der Waals surface area contributed by atoms with Crippen LogP contribution < -0.4 is 25.0 Å². The number of urea groups is 1. The molecule has 2 aromatic carbocycles. The Hall–Kier alpha value is -3.33. The van der Waals surface area contributed by atoms with Crippen molar-refractivity contribution < 1.29 is 14.3 Å². The van der Waals surface area contributed by atoms with E-state index in [1.165, 1.54) is 0 Å². The number of benzene rings is 2. The zero-order valence-electron chi connectivity index (χ0n) is 16.1. The van der Waals surface area contributed by atoms with E-state index in [1.807, 2.05) is 55.4 Å². The van der Waals surface area contributed by atoms with E-state index < -0.39 is 0 Å². The molecule has 2 N–H and O–H groups in total. The maximum Gasteiger partial charge on any atom is 0.315 e. The van der Waals surface area contributed by atoms with Gasteiger partial charge in [-0.2, -0.15) is 0 Å². The number of methoxy groups -OCH3 is 2. The number of nitrogens with zero attached hydrogens (tertiary/aromatic N) is 1. The van der Waals surface area contributed by atoms with Gasteiger partial charge in [0.15, 0.2) is 11.5 Å². The zero-order valence-corrected chi connectivity index (χ0v) is 16.1. The van der Waals surface area contributed by atoms with E-state index in [1.54, 1.807) is 20.3 Å². The molecule has 0 aliphatic rings. The summed E-state index contributed by atoms with van der Waals surface area (Å²) < 4.78 is 10.4. The monoisotopic (exact) mass is 367 g/mol. The fraction of sp³-hybridized carbons (Fsp3) is 0.286. The van der Waals surface area contributed by atoms with E-state index in [0.29, 0.717) is 18.0 Å². The summed E-state index contributed by atoms with van der Waals surface area (Å²) in [5.74, 6) is 7.25. The highest BCUT2D eigenvalue weighted by Gasteiger charge is 2.05. The number of carbonyl (C=O) groups is 1. The molecule has 0 saturated carbocycles. The summed E-state index contributed by atoms with van der Waals surface area (Å²) in [4.78, 5) is 13.9. The molecule has 142 valence electrons. The van der Waals surface area contributed by atoms with Gasteiger partial charge >= 0.3 is 6.03 Å². The molecular formula is C21H25N3O3. The minimum Gasteiger partial charge on any atom is -0.493 e. The maximum atomic E-state index is 11.9. The summed E-state index contributed by atoms with van der Waals surface area (Å²) in [5.41, 5.74) is 2.94. The SMILES string of the molecule is COc1ccc(CNC(=O)NCC#Cc2ccc(N(C)C)cc2)cc1OC. The van der Waals surface area contributed by atoms with Crippen LogP contribution in [0, 0.1) is 11.8 Å². The highest BCUT2D eigenvalue weighted by Crippen LogP contribution is 2.27. The summed E-state index contributed by atoms with van der Waals surface area (Å²) >= 11 is 0. The Morgan fingerprint density at radius 2 is 1.70 bits per heavy atom. The molecule has 2 amide bonds. The van der Waals surface area contributed by atoms with Crippen molar-refractivity contribution in [1.82, 2.24) is 10.6 Å². The average molecular weight is 367 g/mol. The molecule has 0 unspecified atom stereocenters. The van der Waals surface area contributed by atoms with Crippen LogP contribution in [0.3, 0.4) is 0 Å². The van der Waals surface area contributed by atoms with Crippen LogP contribution in [0.5, 0.6) is 11.5 Å². The minimum absolute atomic E-state index is 0.271. The third kappa shape index (κ3) is 6.15. The van der Waals surface area contributed by atoms with E-state index in [4.69, 9.17) is 9.47 Å². The summed E-state index contributed by atoms with van der Waals surface area (Å²) in [7, 11) is 7.14. The molecule has 6 heteroatoms. The first-order chi connectivity index (χ1) is 13.0. The number of nitrogens with one attached hydrogen (secondary N) is 2. The Kier molecular flexibility index (Phi) is 7.38. The number of ether oxygens (including phenoxy) is 2. The highest BCUT2D eigenvalue weighted by molar-refractivity contribution is 5.74. The van der Waals surface area contributed by atoms with Crippen molar-refractivity contribution in [3.05, 3.63) is 53.6 Å². The number of carbonyl (C=O) groups excluding carboxylic acids is 1. The first kappa shape index (κ1) is 20.0. The van der Waals surface area contributed by atoms with Crippen molar-refractivity contribution in [2.75, 3.05) is 39.8 Å². The van der Waals surface area contributed by atoms with Gasteiger partial charge in [-0.15, -0.1) is 0 Å². The number of rotatable bonds is 6. The van der Waals surface area contributed by atoms with Crippen LogP contribution in [0.4, 0.5) is 10.5 Å². The van der Waals surface area contributed by atoms with Crippen LogP contribution in [0.25, 0.3) is 0 Å². The molecule has 0 aromatic heterocycles. The molecular weight excluding hydrogens is 342 g/mol. The van der Waals surface area contributed by atoms with Gasteiger partial charge in [-0.1, -0.05) is 17.9 Å². The summed E-state index contributed by atoms with van der Waals surface area (Å²) in [6.45, 7) is 0.652. The molecule has 6 nitrogen and oxygen atoms in total. The van der Waals surface area contributed by atoms with E-state index >= 15 is 0 Å². The molecule has 0 heterocycles. The molecule has 0 bridgehead atoms. The molecule has 2 aromatic rings. The van der Waals surface area contributed by atoms with Crippen LogP contribution in [0.2, 0.25) is 0 Å². The van der Waals surface area contributed by atoms with Crippen molar-refractivity contribution in [1.29, 1.82) is 0 Å². The lowest BCUT2D eigenvalue weighted by atomic mass is 10.2. The predicted octanol–water partition coefficient (Wildman–Crippen LogP) is 2.62. The molecule has 27 heavy (non-hydrogen) atoms. The lowest BCUT2D eigenvalue weighted by Gasteiger charge is -2.11. The Morgan fingerprint density at radius 1 is 1.00 bits per heavy atom. The van der Waals surface area contributed by atoms with Crippen LogP contribution in [-0.2, 0) is 6.54 Å². The first-order valence-corrected chi connectivity index (χ1v) is 8.52. The van der Waals surface area contributed by atoms with Gasteiger partial charge in [-0.05, 0) is 42.0 Å². The second-order valence-corrected chi connectivity index (χ2v) is 5.97. The van der Waals surface area contributed by atoms with Crippen molar-refractivity contribution >= 4 is 11.7 Å². The zero-order chi connectivity index (χ0) is 19.6. The molecule has 0 atom stereocenters. The van der Waals surface area contributed by atoms with E-state index in [-0.39, 0.29) is 12.6 Å². The molecule has 0 aliphatic heterocycles. The fourth-order valence-electron chi connectivity index (χ4n) is 2.35. The van der Waals surface area contributed by atoms with Crippen molar-refractivity contribution in [2.24, 2.45) is 0 Å². The second kappa shape index (κ2) is 9.97. The van der Waals surface area contributed by atoms with Crippen molar-refractivity contribution in [2.45, 2.75) is 6.54 Å². The van der Waals surface area contributed by atoms with E-state index in [9.17, 15) is 4.79 Å². The van der Waals surface area contributed by atoms with Gasteiger partial charge in [0, 0.05) is 31.9 Å². The van der Waals surface area contributed by atoms with Gasteiger partial charge in [0.25, 0.3) is 0 Å². The van der Waals surface area contributed by atoms with Crippen LogP contribution in [-0.4, -0.2) is 40.9 Å². The van der Waals surface area contributed by atoms with Gasteiger partial charge < -0.3 is 25.0 Å². The van der Waals surface area contributed by atoms with Gasteiger partial charge in [-0.3, -0.25) is 0 Å². The van der Waals surface area contributed by atoms with Crippen molar-refractivity contribution in [3.63, 3.8) is 0 Å². The molecule has 0 spiro atoms. The number of anilines is 1. The predicted molar refractivity (Wildman–Crippen MR) is 107 cm³/mol. The van der Waals surface area contributed by atoms with Gasteiger partial charge in [0.2, 0.25) is 0 Å². The second-order valence-electron chi connectivity index (χ2n) is 5.97. The summed E-state index contributed by atoms with van der Waals surface area (Å²) in [5, 5.41) is 5.50. The lowest BCUT2D eigenvalue weighted by Crippen LogP contribution is -2.35. The molecule has 0 saturated heterocycles. The van der Waals surface area contributed by atoms with Crippen LogP contribution in [0.1, 0.15) is 11.1 Å². The minimum atomic E-state index is -0.276. The molecule has 0 aliphatic carbocycles. The van der Waals surface area contributed by atoms with Crippen LogP contribution in [0.15, 0.2) is 42.5 Å². The van der Waals surface area contributed by atoms with Gasteiger partial charge in [0.1, 0.15) is 0 Å². The Labute approximate surface area is 160 Å². The summed E-state index contributed by atoms with van der Waals surface area (Å²) in [6.07, 6.45) is 0. The number of hydrogen-bond donors (Lipinski definition) is 2. The number of hydrogen-bond acceptors (Lipinski definition) is 4. The van der Waals surface area contributed by atoms with Crippen molar-refractivity contribution in [3.8, 4) is 23.3 Å². The Morgan fingerprint density at radius 3 is 2.33 bits per heavy atom. The fourth-order valence-corrected chi connectivity index (χ4v) is 2.35. The standard InChI is InChI=1S/C21H25N3O3/c1-24(2)18-10-7-16(8-11-18)6-5-13-22-21(25)23-15-17-9-12-19(26-3)20(14-17)27-4/h7-12,14H,13,15H2,1-4H3,(H2,22,23,25). The normalized spacial score (nSPS) is 9.63. The summed E-state index contributed by atoms with van der Waals surface area (Å²) in [6, 6.07) is 13.2. The molecule has 2 rings (SSSR count). The quantitative estimate of drug-likeness (QED) is 0.771. The maximum absolute atomic E-state index is 11.9. The lowest BCUT2D eigenvalue weighted by molar-refractivity contribution is 0.241. The first-order valence-electron chi connectivity index (χ1n) is 8.52. The van der Waals surface area contributed by atoms with Crippen LogP contribution >= 0.6 is 0 Å². The smallest absolute Gasteiger partial charge is 0.315 e. The largest absolute Gasteiger partial charge is 0.493 e. The van der Waals surface area contributed by atoms with Gasteiger partial charge in [-0.25, -0.2) is 4.79 Å². The Bertz CT molecular complexity index is 821. The highest BCUT2D eigenvalue weighted by atomic mass is 16.5. The third-order valence-electron chi connectivity index (χ3n) is 3.85. The number of amides is 2. The van der Waals surface area contributed by atoms with Gasteiger partial charge in [0.05, 0.1) is 20.8 Å². The third-order valence-corrected chi connectivity index (χ3v) is 3.85. The topological polar surface area (TPSA) is 62.8 Å². The van der Waals surface area contributed by atoms with E-state index in [2.05, 4.69) is 22.5 Å².